The Labute approximate surface area is 232 Å². The van der Waals surface area contributed by atoms with Gasteiger partial charge in [0, 0.05) is 35.7 Å². The van der Waals surface area contributed by atoms with Gasteiger partial charge in [0.15, 0.2) is 0 Å². The molecule has 0 bridgehead atoms. The van der Waals surface area contributed by atoms with Crippen molar-refractivity contribution in [2.45, 2.75) is 73.6 Å². The number of fused-ring (bicyclic) bond motifs is 1. The van der Waals surface area contributed by atoms with Crippen LogP contribution in [0.25, 0.3) is 0 Å². The lowest BCUT2D eigenvalue weighted by atomic mass is 10.0. The summed E-state index contributed by atoms with van der Waals surface area (Å²) in [5, 5.41) is 12.8. The van der Waals surface area contributed by atoms with E-state index in [2.05, 4.69) is 47.2 Å². The molecule has 0 saturated heterocycles. The first-order valence-electron chi connectivity index (χ1n) is 12.8. The zero-order valence-corrected chi connectivity index (χ0v) is 24.6. The van der Waals surface area contributed by atoms with Crippen LogP contribution in [0.3, 0.4) is 0 Å². The van der Waals surface area contributed by atoms with Gasteiger partial charge in [0.2, 0.25) is 0 Å². The van der Waals surface area contributed by atoms with Gasteiger partial charge in [-0.15, -0.1) is 0 Å². The van der Waals surface area contributed by atoms with Gasteiger partial charge in [-0.05, 0) is 36.8 Å². The molecule has 10 heteroatoms. The Hall–Kier alpha value is -3.19. The molecule has 0 saturated carbocycles. The molecule has 3 aromatic rings. The van der Waals surface area contributed by atoms with Crippen molar-refractivity contribution in [1.29, 1.82) is 5.26 Å². The molecule has 0 spiro atoms. The lowest BCUT2D eigenvalue weighted by molar-refractivity contribution is -0.141. The molecule has 0 amide bonds. The Morgan fingerprint density at radius 1 is 1.03 bits per heavy atom. The van der Waals surface area contributed by atoms with Gasteiger partial charge in [0.05, 0.1) is 23.0 Å². The number of alkyl halides is 3. The molecule has 38 heavy (non-hydrogen) atoms. The third kappa shape index (κ3) is 8.42. The molecular weight excluding hydrogens is 557 g/mol. The normalized spacial score (nSPS) is 12.6. The van der Waals surface area contributed by atoms with Crippen LogP contribution < -0.4 is 10.2 Å². The maximum absolute atomic E-state index is 12.8. The van der Waals surface area contributed by atoms with Crippen LogP contribution in [0.2, 0.25) is 0 Å². The third-order valence-corrected chi connectivity index (χ3v) is 5.85. The number of benzene rings is 1. The average Bonchev–Trinajstić information content (AvgIpc) is 2.95. The van der Waals surface area contributed by atoms with Gasteiger partial charge in [-0.25, -0.2) is 9.97 Å². The van der Waals surface area contributed by atoms with Crippen LogP contribution in [0, 0.1) is 11.3 Å². The average molecular weight is 594 g/mol. The number of anilines is 2. The van der Waals surface area contributed by atoms with E-state index in [-0.39, 0.29) is 6.04 Å². The van der Waals surface area contributed by atoms with Gasteiger partial charge < -0.3 is 10.2 Å². The molecule has 2 aromatic heterocycles. The highest BCUT2D eigenvalue weighted by Gasteiger charge is 2.32. The van der Waals surface area contributed by atoms with Crippen molar-refractivity contribution in [3.63, 3.8) is 0 Å². The number of nitrogens with one attached hydrogen (secondary N) is 1. The van der Waals surface area contributed by atoms with Gasteiger partial charge in [0.25, 0.3) is 0 Å². The standard InChI is InChI=1S/C22H18BrF3N6.3C2H6/c1-13(14-2-5-20(28-10-14)22(24,25)26)31-21-17-11-32(7-6-18(17)29-12-30-21)19-4-3-16(23)8-15(19)9-27;3*1-2/h2-5,8,10,12-13H,6-7,11H2,1H3,(H,29,30,31);3*1-2H3/t13-;;;/m1.../s1. The molecule has 0 radical (unpaired) electrons. The number of hydrogen-bond acceptors (Lipinski definition) is 6. The Morgan fingerprint density at radius 2 is 1.71 bits per heavy atom. The zero-order valence-electron chi connectivity index (χ0n) is 23.0. The number of nitriles is 1. The van der Waals surface area contributed by atoms with Crippen molar-refractivity contribution >= 4 is 27.4 Å². The second-order valence-electron chi connectivity index (χ2n) is 7.43. The summed E-state index contributed by atoms with van der Waals surface area (Å²) < 4.78 is 39.2. The minimum absolute atomic E-state index is 0.318. The van der Waals surface area contributed by atoms with Gasteiger partial charge >= 0.3 is 6.18 Å². The van der Waals surface area contributed by atoms with Gasteiger partial charge in [-0.2, -0.15) is 18.4 Å². The van der Waals surface area contributed by atoms with E-state index >= 15 is 0 Å². The summed E-state index contributed by atoms with van der Waals surface area (Å²) in [5.74, 6) is 0.614. The number of nitrogens with zero attached hydrogens (tertiary/aromatic N) is 5. The van der Waals surface area contributed by atoms with E-state index in [4.69, 9.17) is 0 Å². The highest BCUT2D eigenvalue weighted by atomic mass is 79.9. The molecule has 1 N–H and O–H groups in total. The number of pyridine rings is 1. The molecule has 1 aromatic carbocycles. The van der Waals surface area contributed by atoms with Crippen LogP contribution in [-0.2, 0) is 19.1 Å². The van der Waals surface area contributed by atoms with Crippen LogP contribution in [0.5, 0.6) is 0 Å². The van der Waals surface area contributed by atoms with Crippen LogP contribution in [-0.4, -0.2) is 21.5 Å². The topological polar surface area (TPSA) is 77.7 Å². The first kappa shape index (κ1) is 32.8. The summed E-state index contributed by atoms with van der Waals surface area (Å²) >= 11 is 3.40. The van der Waals surface area contributed by atoms with Crippen molar-refractivity contribution in [3.05, 3.63) is 75.4 Å². The lowest BCUT2D eigenvalue weighted by Crippen LogP contribution is -2.32. The molecule has 1 aliphatic rings. The van der Waals surface area contributed by atoms with Gasteiger partial charge in [-0.1, -0.05) is 63.5 Å². The van der Waals surface area contributed by atoms with E-state index in [1.54, 1.807) is 6.07 Å². The van der Waals surface area contributed by atoms with Crippen molar-refractivity contribution in [3.8, 4) is 6.07 Å². The molecule has 3 heterocycles. The SMILES string of the molecule is CC.CC.CC.C[C@@H](Nc1ncnc2c1CN(c1ccc(Br)cc1C#N)CC2)c1ccc(C(F)(F)F)nc1. The molecule has 4 rings (SSSR count). The van der Waals surface area contributed by atoms with Gasteiger partial charge in [0.1, 0.15) is 23.9 Å². The smallest absolute Gasteiger partial charge is 0.366 e. The molecule has 1 atom stereocenters. The summed E-state index contributed by atoms with van der Waals surface area (Å²) in [4.78, 5) is 14.4. The first-order chi connectivity index (χ1) is 18.3. The molecule has 206 valence electrons. The van der Waals surface area contributed by atoms with E-state index in [1.165, 1.54) is 18.6 Å². The zero-order chi connectivity index (χ0) is 28.9. The van der Waals surface area contributed by atoms with Crippen molar-refractivity contribution in [1.82, 2.24) is 15.0 Å². The summed E-state index contributed by atoms with van der Waals surface area (Å²) in [6, 6.07) is 9.88. The van der Waals surface area contributed by atoms with Crippen molar-refractivity contribution < 1.29 is 13.2 Å². The predicted octanol–water partition coefficient (Wildman–Crippen LogP) is 8.34. The lowest BCUT2D eigenvalue weighted by Gasteiger charge is -2.32. The minimum atomic E-state index is -4.47. The minimum Gasteiger partial charge on any atom is -0.366 e. The Morgan fingerprint density at radius 3 is 2.29 bits per heavy atom. The van der Waals surface area contributed by atoms with E-state index in [1.807, 2.05) is 60.6 Å². The quantitative estimate of drug-likeness (QED) is 0.328. The highest BCUT2D eigenvalue weighted by molar-refractivity contribution is 9.10. The fraction of sp³-hybridized carbons (Fsp3) is 0.429. The Kier molecular flexibility index (Phi) is 13.8. The molecule has 0 aliphatic carbocycles. The van der Waals surface area contributed by atoms with Crippen LogP contribution >= 0.6 is 15.9 Å². The number of rotatable bonds is 4. The monoisotopic (exact) mass is 592 g/mol. The third-order valence-electron chi connectivity index (χ3n) is 5.35. The maximum Gasteiger partial charge on any atom is 0.433 e. The van der Waals surface area contributed by atoms with E-state index in [9.17, 15) is 18.4 Å². The molecule has 6 nitrogen and oxygen atoms in total. The second-order valence-corrected chi connectivity index (χ2v) is 8.35. The second kappa shape index (κ2) is 15.9. The maximum atomic E-state index is 12.8. The summed E-state index contributed by atoms with van der Waals surface area (Å²) in [5.41, 5.74) is 2.89. The fourth-order valence-electron chi connectivity index (χ4n) is 3.66. The molecule has 1 aliphatic heterocycles. The van der Waals surface area contributed by atoms with Crippen LogP contribution in [0.15, 0.2) is 47.3 Å². The molecule has 0 fully saturated rings. The van der Waals surface area contributed by atoms with E-state index in [0.717, 1.165) is 27.5 Å². The molecule has 0 unspecified atom stereocenters. The van der Waals surface area contributed by atoms with Crippen LogP contribution in [0.4, 0.5) is 24.7 Å². The first-order valence-corrected chi connectivity index (χ1v) is 13.6. The fourth-order valence-corrected chi connectivity index (χ4v) is 4.02. The number of halogens is 4. The van der Waals surface area contributed by atoms with Crippen LogP contribution in [0.1, 0.15) is 82.6 Å². The summed E-state index contributed by atoms with van der Waals surface area (Å²) in [6.45, 7) is 15.0. The van der Waals surface area contributed by atoms with Gasteiger partial charge in [-0.3, -0.25) is 4.98 Å². The molecular formula is C28H36BrF3N6. The summed E-state index contributed by atoms with van der Waals surface area (Å²) in [6.07, 6.45) is -1.08. The van der Waals surface area contributed by atoms with Crippen molar-refractivity contribution in [2.24, 2.45) is 0 Å². The number of hydrogen-bond donors (Lipinski definition) is 1. The van der Waals surface area contributed by atoms with E-state index < -0.39 is 11.9 Å². The Balaban J connectivity index is 0.00000112. The van der Waals surface area contributed by atoms with E-state index in [0.29, 0.717) is 36.5 Å². The summed E-state index contributed by atoms with van der Waals surface area (Å²) in [7, 11) is 0. The Bertz CT molecular complexity index is 1180. The van der Waals surface area contributed by atoms with Crippen molar-refractivity contribution in [2.75, 3.05) is 16.8 Å². The largest absolute Gasteiger partial charge is 0.433 e. The number of aromatic nitrogens is 3. The highest BCUT2D eigenvalue weighted by Crippen LogP contribution is 2.32. The predicted molar refractivity (Wildman–Crippen MR) is 151 cm³/mol.